The molecule has 56 heavy (non-hydrogen) atoms. The van der Waals surface area contributed by atoms with Gasteiger partial charge in [-0.05, 0) is 101 Å². The molecule has 0 heterocycles. The smallest absolute Gasteiger partial charge is 0.333 e. The third kappa shape index (κ3) is 11.8. The lowest BCUT2D eigenvalue weighted by atomic mass is 9.86. The Labute approximate surface area is 335 Å². The van der Waals surface area contributed by atoms with E-state index in [-0.39, 0.29) is 41.0 Å². The summed E-state index contributed by atoms with van der Waals surface area (Å²) < 4.78 is 55.9. The third-order valence-electron chi connectivity index (χ3n) is 10.8. The summed E-state index contributed by atoms with van der Waals surface area (Å²) in [5.74, 6) is 1.48. The van der Waals surface area contributed by atoms with Crippen molar-refractivity contribution in [1.29, 1.82) is 0 Å². The summed E-state index contributed by atoms with van der Waals surface area (Å²) in [7, 11) is -0.519. The van der Waals surface area contributed by atoms with Crippen LogP contribution in [0.3, 0.4) is 0 Å². The van der Waals surface area contributed by atoms with Crippen LogP contribution in [0, 0.1) is 11.3 Å². The van der Waals surface area contributed by atoms with Gasteiger partial charge in [0.2, 0.25) is 9.84 Å². The molecule has 0 saturated heterocycles. The predicted octanol–water partition coefficient (Wildman–Crippen LogP) is 11.0. The van der Waals surface area contributed by atoms with Gasteiger partial charge in [0.05, 0.1) is 50.4 Å². The molecule has 4 rings (SSSR count). The first kappa shape index (κ1) is 44.3. The first-order valence-electron chi connectivity index (χ1n) is 19.7. The minimum Gasteiger partial charge on any atom is -0.496 e. The molecule has 0 saturated carbocycles. The minimum absolute atomic E-state index is 0.124. The van der Waals surface area contributed by atoms with Gasteiger partial charge in [0, 0.05) is 16.7 Å². The maximum absolute atomic E-state index is 13.7. The van der Waals surface area contributed by atoms with Gasteiger partial charge >= 0.3 is 5.97 Å². The summed E-state index contributed by atoms with van der Waals surface area (Å²) in [5.41, 5.74) is 5.95. The molecular formula is C47H60O8S. The standard InChI is InChI=1S/C47H60O8S/c1-9-13-35(10-2)28-34(5)46(48)55-27-26-53-31-40-29-38(18-24-44(40)51-7)36-14-20-42(21-15-36)56(49,50)43-22-16-37(17-23-43)39-19-25-45(52-8)41(30-39)32-54-33-47(6,11-3)12-4/h14-25,29-30,35H,5,9-13,26-28,31-33H2,1-4,6-8H3. The zero-order chi connectivity index (χ0) is 40.7. The molecule has 0 N–H and O–H groups in total. The Balaban J connectivity index is 1.38. The molecule has 0 fully saturated rings. The molecular weight excluding hydrogens is 725 g/mol. The molecule has 4 aromatic rings. The molecule has 0 amide bonds. The van der Waals surface area contributed by atoms with Crippen molar-refractivity contribution < 1.29 is 36.9 Å². The Hall–Kier alpha value is -4.44. The van der Waals surface area contributed by atoms with Gasteiger partial charge in [-0.15, -0.1) is 0 Å². The first-order chi connectivity index (χ1) is 26.9. The van der Waals surface area contributed by atoms with E-state index < -0.39 is 9.84 Å². The number of hydrogen-bond donors (Lipinski definition) is 0. The number of carbonyl (C=O) groups is 1. The Bertz CT molecular complexity index is 1980. The van der Waals surface area contributed by atoms with Crippen molar-refractivity contribution >= 4 is 15.8 Å². The molecule has 9 heteroatoms. The Kier molecular flexibility index (Phi) is 16.8. The Morgan fingerprint density at radius 1 is 0.696 bits per heavy atom. The van der Waals surface area contributed by atoms with Gasteiger partial charge in [0.25, 0.3) is 0 Å². The number of esters is 1. The van der Waals surface area contributed by atoms with Gasteiger partial charge in [0.1, 0.15) is 18.1 Å². The average molecular weight is 785 g/mol. The van der Waals surface area contributed by atoms with Crippen LogP contribution in [0.4, 0.5) is 0 Å². The second-order valence-corrected chi connectivity index (χ2v) is 16.6. The molecule has 302 valence electrons. The van der Waals surface area contributed by atoms with Crippen LogP contribution in [-0.2, 0) is 42.1 Å². The SMILES string of the molecule is C=C(CC(CC)CCC)C(=O)OCCOCc1cc(-c2ccc(S(=O)(=O)c3ccc(-c4ccc(OC)c(COCC(C)(CC)CC)c4)cc3)cc2)ccc1OC. The van der Waals surface area contributed by atoms with E-state index in [1.807, 2.05) is 48.5 Å². The average Bonchev–Trinajstić information content (AvgIpc) is 3.23. The normalized spacial score (nSPS) is 12.3. The van der Waals surface area contributed by atoms with Gasteiger partial charge < -0.3 is 23.7 Å². The van der Waals surface area contributed by atoms with Crippen LogP contribution in [0.15, 0.2) is 107 Å². The number of methoxy groups -OCH3 is 2. The molecule has 0 spiro atoms. The van der Waals surface area contributed by atoms with E-state index in [1.54, 1.807) is 50.6 Å². The van der Waals surface area contributed by atoms with Crippen molar-refractivity contribution in [3.63, 3.8) is 0 Å². The van der Waals surface area contributed by atoms with Crippen molar-refractivity contribution in [1.82, 2.24) is 0 Å². The van der Waals surface area contributed by atoms with Crippen molar-refractivity contribution in [3.8, 4) is 33.8 Å². The molecule has 0 aliphatic rings. The first-order valence-corrected chi connectivity index (χ1v) is 21.2. The Morgan fingerprint density at radius 2 is 1.18 bits per heavy atom. The van der Waals surface area contributed by atoms with Crippen LogP contribution in [0.5, 0.6) is 11.5 Å². The molecule has 8 nitrogen and oxygen atoms in total. The zero-order valence-electron chi connectivity index (χ0n) is 34.3. The monoisotopic (exact) mass is 784 g/mol. The van der Waals surface area contributed by atoms with Gasteiger partial charge in [-0.2, -0.15) is 0 Å². The molecule has 0 aromatic heterocycles. The quantitative estimate of drug-likeness (QED) is 0.0417. The van der Waals surface area contributed by atoms with Crippen LogP contribution in [-0.4, -0.2) is 48.4 Å². The van der Waals surface area contributed by atoms with Crippen LogP contribution >= 0.6 is 0 Å². The van der Waals surface area contributed by atoms with Crippen molar-refractivity contribution in [2.24, 2.45) is 11.3 Å². The number of carbonyl (C=O) groups excluding carboxylic acids is 1. The largest absolute Gasteiger partial charge is 0.496 e. The molecule has 0 radical (unpaired) electrons. The van der Waals surface area contributed by atoms with E-state index in [2.05, 4.69) is 41.2 Å². The fourth-order valence-electron chi connectivity index (χ4n) is 6.56. The van der Waals surface area contributed by atoms with E-state index in [0.717, 1.165) is 71.2 Å². The van der Waals surface area contributed by atoms with Crippen LogP contribution < -0.4 is 9.47 Å². The van der Waals surface area contributed by atoms with Crippen molar-refractivity contribution in [2.75, 3.05) is 34.0 Å². The number of ether oxygens (including phenoxy) is 5. The van der Waals surface area contributed by atoms with E-state index >= 15 is 0 Å². The van der Waals surface area contributed by atoms with Crippen LogP contribution in [0.1, 0.15) is 84.3 Å². The van der Waals surface area contributed by atoms with Crippen molar-refractivity contribution in [2.45, 2.75) is 96.1 Å². The van der Waals surface area contributed by atoms with E-state index in [4.69, 9.17) is 23.7 Å². The summed E-state index contributed by atoms with van der Waals surface area (Å²) in [6, 6.07) is 25.5. The second kappa shape index (κ2) is 21.2. The molecule has 0 bridgehead atoms. The molecule has 4 aromatic carbocycles. The van der Waals surface area contributed by atoms with Gasteiger partial charge in [-0.25, -0.2) is 13.2 Å². The summed E-state index contributed by atoms with van der Waals surface area (Å²) in [5, 5.41) is 0. The lowest BCUT2D eigenvalue weighted by Gasteiger charge is -2.26. The van der Waals surface area contributed by atoms with Gasteiger partial charge in [0.15, 0.2) is 0 Å². The summed E-state index contributed by atoms with van der Waals surface area (Å²) in [4.78, 5) is 12.8. The lowest BCUT2D eigenvalue weighted by molar-refractivity contribution is -0.141. The lowest BCUT2D eigenvalue weighted by Crippen LogP contribution is -2.21. The second-order valence-electron chi connectivity index (χ2n) is 14.7. The molecule has 1 unspecified atom stereocenters. The number of sulfone groups is 1. The van der Waals surface area contributed by atoms with Gasteiger partial charge in [-0.1, -0.05) is 96.9 Å². The van der Waals surface area contributed by atoms with E-state index in [0.29, 0.717) is 36.9 Å². The fraction of sp³-hybridized carbons (Fsp3) is 0.426. The topological polar surface area (TPSA) is 97.4 Å². The Morgan fingerprint density at radius 3 is 1.62 bits per heavy atom. The number of benzene rings is 4. The highest BCUT2D eigenvalue weighted by Gasteiger charge is 2.21. The van der Waals surface area contributed by atoms with Crippen LogP contribution in [0.2, 0.25) is 0 Å². The fourth-order valence-corrected chi connectivity index (χ4v) is 7.82. The molecule has 0 aliphatic heterocycles. The summed E-state index contributed by atoms with van der Waals surface area (Å²) >= 11 is 0. The summed E-state index contributed by atoms with van der Waals surface area (Å²) in [6.07, 6.45) is 5.87. The number of hydrogen-bond acceptors (Lipinski definition) is 8. The van der Waals surface area contributed by atoms with Crippen molar-refractivity contribution in [3.05, 3.63) is 108 Å². The highest BCUT2D eigenvalue weighted by Crippen LogP contribution is 2.33. The van der Waals surface area contributed by atoms with Crippen LogP contribution in [0.25, 0.3) is 22.3 Å². The highest BCUT2D eigenvalue weighted by molar-refractivity contribution is 7.91. The molecule has 0 aliphatic carbocycles. The number of rotatable bonds is 23. The van der Waals surface area contributed by atoms with E-state index in [9.17, 15) is 13.2 Å². The summed E-state index contributed by atoms with van der Waals surface area (Å²) in [6.45, 7) is 16.5. The maximum atomic E-state index is 13.7. The third-order valence-corrected chi connectivity index (χ3v) is 12.6. The maximum Gasteiger partial charge on any atom is 0.333 e. The van der Waals surface area contributed by atoms with Gasteiger partial charge in [-0.3, -0.25) is 0 Å². The zero-order valence-corrected chi connectivity index (χ0v) is 35.1. The van der Waals surface area contributed by atoms with E-state index in [1.165, 1.54) is 0 Å². The molecule has 1 atom stereocenters. The minimum atomic E-state index is -3.77. The highest BCUT2D eigenvalue weighted by atomic mass is 32.2. The predicted molar refractivity (Wildman–Crippen MR) is 224 cm³/mol.